The van der Waals surface area contributed by atoms with Crippen LogP contribution in [0.3, 0.4) is 0 Å². The summed E-state index contributed by atoms with van der Waals surface area (Å²) in [6.07, 6.45) is 2.43. The Morgan fingerprint density at radius 1 is 1.37 bits per heavy atom. The molecule has 1 aromatic carbocycles. The van der Waals surface area contributed by atoms with E-state index in [4.69, 9.17) is 9.88 Å². The van der Waals surface area contributed by atoms with E-state index >= 15 is 0 Å². The topological polar surface area (TPSA) is 177 Å². The number of carbonyl (C=O) groups is 1. The van der Waals surface area contributed by atoms with Crippen LogP contribution in [0.1, 0.15) is 48.9 Å². The number of aromatic nitrogens is 2. The van der Waals surface area contributed by atoms with Crippen molar-refractivity contribution >= 4 is 27.4 Å². The van der Waals surface area contributed by atoms with Crippen LogP contribution in [0.25, 0.3) is 0 Å². The van der Waals surface area contributed by atoms with E-state index in [9.17, 15) is 18.0 Å². The summed E-state index contributed by atoms with van der Waals surface area (Å²) in [5.41, 5.74) is 3.34. The van der Waals surface area contributed by atoms with Gasteiger partial charge < -0.3 is 10.2 Å². The SMILES string of the molecule is CCOC(=O)c1cnc2n(c1=O)C(C)CCC2=NNc1ccc(S(N)(=O)=O)cc1.O. The Labute approximate surface area is 172 Å². The largest absolute Gasteiger partial charge is 0.462 e. The molecule has 0 fully saturated rings. The van der Waals surface area contributed by atoms with E-state index in [0.717, 1.165) is 0 Å². The summed E-state index contributed by atoms with van der Waals surface area (Å²) in [7, 11) is -3.77. The number of primary sulfonamides is 1. The van der Waals surface area contributed by atoms with Crippen LogP contribution in [0, 0.1) is 0 Å². The molecule has 0 saturated heterocycles. The third-order valence-corrected chi connectivity index (χ3v) is 5.42. The lowest BCUT2D eigenvalue weighted by molar-refractivity contribution is 0.0522. The quantitative estimate of drug-likeness (QED) is 0.502. The number of esters is 1. The monoisotopic (exact) mass is 437 g/mol. The Balaban J connectivity index is 0.00000320. The maximum Gasteiger partial charge on any atom is 0.345 e. The van der Waals surface area contributed by atoms with Crippen LogP contribution in [-0.2, 0) is 14.8 Å². The molecule has 1 aliphatic heterocycles. The first-order valence-electron chi connectivity index (χ1n) is 8.96. The predicted molar refractivity (Wildman–Crippen MR) is 110 cm³/mol. The van der Waals surface area contributed by atoms with Crippen molar-refractivity contribution in [2.75, 3.05) is 12.0 Å². The number of benzene rings is 1. The first-order valence-corrected chi connectivity index (χ1v) is 10.5. The molecule has 0 aliphatic carbocycles. The van der Waals surface area contributed by atoms with E-state index in [0.29, 0.717) is 30.1 Å². The highest BCUT2D eigenvalue weighted by molar-refractivity contribution is 7.89. The van der Waals surface area contributed by atoms with Crippen LogP contribution in [0.2, 0.25) is 0 Å². The van der Waals surface area contributed by atoms with Crippen LogP contribution in [0.5, 0.6) is 0 Å². The minimum atomic E-state index is -3.77. The zero-order valence-corrected chi connectivity index (χ0v) is 17.3. The molecule has 5 N–H and O–H groups in total. The Morgan fingerprint density at radius 3 is 2.63 bits per heavy atom. The molecule has 30 heavy (non-hydrogen) atoms. The van der Waals surface area contributed by atoms with E-state index in [1.165, 1.54) is 35.0 Å². The molecule has 0 spiro atoms. The van der Waals surface area contributed by atoms with Gasteiger partial charge in [-0.25, -0.2) is 23.3 Å². The normalized spacial score (nSPS) is 17.0. The molecule has 1 aliphatic rings. The Hall–Kier alpha value is -3.09. The second kappa shape index (κ2) is 9.15. The fourth-order valence-electron chi connectivity index (χ4n) is 2.98. The highest BCUT2D eigenvalue weighted by Gasteiger charge is 2.27. The number of hydrogen-bond donors (Lipinski definition) is 2. The molecule has 1 unspecified atom stereocenters. The van der Waals surface area contributed by atoms with Gasteiger partial charge in [0.1, 0.15) is 11.3 Å². The first kappa shape index (κ1) is 23.2. The van der Waals surface area contributed by atoms with E-state index in [1.807, 2.05) is 6.92 Å². The summed E-state index contributed by atoms with van der Waals surface area (Å²) in [4.78, 5) is 29.0. The molecule has 2 heterocycles. The number of sulfonamides is 1. The number of fused-ring (bicyclic) bond motifs is 1. The number of carbonyl (C=O) groups excluding carboxylic acids is 1. The van der Waals surface area contributed by atoms with Crippen molar-refractivity contribution in [2.45, 2.75) is 37.6 Å². The number of nitrogens with zero attached hydrogens (tertiary/aromatic N) is 3. The van der Waals surface area contributed by atoms with Gasteiger partial charge >= 0.3 is 5.97 Å². The van der Waals surface area contributed by atoms with Crippen LogP contribution >= 0.6 is 0 Å². The van der Waals surface area contributed by atoms with Crippen LogP contribution in [0.15, 0.2) is 45.3 Å². The molecule has 0 saturated carbocycles. The summed E-state index contributed by atoms with van der Waals surface area (Å²) >= 11 is 0. The molecule has 0 amide bonds. The Kier molecular flexibility index (Phi) is 7.08. The van der Waals surface area contributed by atoms with E-state index in [2.05, 4.69) is 15.5 Å². The maximum atomic E-state index is 12.8. The van der Waals surface area contributed by atoms with Crippen molar-refractivity contribution in [1.82, 2.24) is 9.55 Å². The number of rotatable bonds is 5. The van der Waals surface area contributed by atoms with Gasteiger partial charge in [-0.2, -0.15) is 5.10 Å². The fourth-order valence-corrected chi connectivity index (χ4v) is 3.50. The lowest BCUT2D eigenvalue weighted by Gasteiger charge is -2.25. The van der Waals surface area contributed by atoms with Crippen molar-refractivity contribution in [3.8, 4) is 0 Å². The van der Waals surface area contributed by atoms with E-state index < -0.39 is 21.6 Å². The second-order valence-corrected chi connectivity index (χ2v) is 8.08. The van der Waals surface area contributed by atoms with Gasteiger partial charge in [0, 0.05) is 12.2 Å². The third-order valence-electron chi connectivity index (χ3n) is 4.49. The minimum absolute atomic E-state index is 0. The van der Waals surface area contributed by atoms with Gasteiger partial charge in [-0.15, -0.1) is 0 Å². The van der Waals surface area contributed by atoms with E-state index in [1.54, 1.807) is 6.92 Å². The van der Waals surface area contributed by atoms with E-state index in [-0.39, 0.29) is 28.6 Å². The summed E-state index contributed by atoms with van der Waals surface area (Å²) in [5.74, 6) is -0.333. The highest BCUT2D eigenvalue weighted by atomic mass is 32.2. The number of ether oxygens (including phenoxy) is 1. The highest BCUT2D eigenvalue weighted by Crippen LogP contribution is 2.22. The molecular weight excluding hydrogens is 414 g/mol. The second-order valence-electron chi connectivity index (χ2n) is 6.52. The minimum Gasteiger partial charge on any atom is -0.462 e. The number of nitrogens with two attached hydrogens (primary N) is 1. The van der Waals surface area contributed by atoms with Crippen molar-refractivity contribution in [2.24, 2.45) is 10.2 Å². The van der Waals surface area contributed by atoms with Crippen molar-refractivity contribution in [1.29, 1.82) is 0 Å². The van der Waals surface area contributed by atoms with Crippen molar-refractivity contribution in [3.05, 3.63) is 52.2 Å². The van der Waals surface area contributed by atoms with Crippen LogP contribution in [0.4, 0.5) is 5.69 Å². The molecule has 3 rings (SSSR count). The third kappa shape index (κ3) is 4.72. The average Bonchev–Trinajstić information content (AvgIpc) is 2.67. The fraction of sp³-hybridized carbons (Fsp3) is 0.333. The first-order chi connectivity index (χ1) is 13.7. The standard InChI is InChI=1S/C18H21N5O5S.H2O/c1-3-28-18(25)14-10-20-16-15(9-4-11(2)23(16)17(14)24)22-21-12-5-7-13(8-6-12)29(19,26)27;/h5-8,10-11,21H,3-4,9H2,1-2H3,(H2,19,26,27);1H2. The van der Waals surface area contributed by atoms with Gasteiger partial charge in [-0.05, 0) is 51.0 Å². The molecule has 1 atom stereocenters. The molecule has 1 aromatic heterocycles. The lowest BCUT2D eigenvalue weighted by Crippen LogP contribution is -2.37. The smallest absolute Gasteiger partial charge is 0.345 e. The lowest BCUT2D eigenvalue weighted by atomic mass is 10.0. The van der Waals surface area contributed by atoms with Gasteiger partial charge in [-0.1, -0.05) is 0 Å². The Bertz CT molecular complexity index is 1120. The van der Waals surface area contributed by atoms with Crippen LogP contribution in [-0.4, -0.2) is 41.7 Å². The molecule has 162 valence electrons. The Morgan fingerprint density at radius 2 is 2.03 bits per heavy atom. The summed E-state index contributed by atoms with van der Waals surface area (Å²) in [6, 6.07) is 5.64. The number of hydrazone groups is 1. The number of nitrogens with one attached hydrogen (secondary N) is 1. The summed E-state index contributed by atoms with van der Waals surface area (Å²) in [5, 5.41) is 9.40. The zero-order valence-electron chi connectivity index (χ0n) is 16.5. The maximum absolute atomic E-state index is 12.8. The summed E-state index contributed by atoms with van der Waals surface area (Å²) in [6.45, 7) is 3.70. The molecule has 0 radical (unpaired) electrons. The molecule has 0 bridgehead atoms. The van der Waals surface area contributed by atoms with Gasteiger partial charge in [0.15, 0.2) is 5.82 Å². The van der Waals surface area contributed by atoms with Gasteiger partial charge in [0.05, 0.1) is 17.2 Å². The molecule has 11 nitrogen and oxygen atoms in total. The summed E-state index contributed by atoms with van der Waals surface area (Å²) < 4.78 is 29.0. The number of hydrogen-bond acceptors (Lipinski definition) is 8. The zero-order chi connectivity index (χ0) is 21.2. The molecule has 12 heteroatoms. The number of anilines is 1. The average molecular weight is 437 g/mol. The molecule has 2 aromatic rings. The van der Waals surface area contributed by atoms with Gasteiger partial charge in [-0.3, -0.25) is 14.8 Å². The van der Waals surface area contributed by atoms with Crippen molar-refractivity contribution in [3.63, 3.8) is 0 Å². The van der Waals surface area contributed by atoms with Crippen molar-refractivity contribution < 1.29 is 23.4 Å². The van der Waals surface area contributed by atoms with Crippen LogP contribution < -0.4 is 16.1 Å². The molecular formula is C18H23N5O6S. The predicted octanol–water partition coefficient (Wildman–Crippen LogP) is 0.414. The van der Waals surface area contributed by atoms with Gasteiger partial charge in [0.25, 0.3) is 5.56 Å². The van der Waals surface area contributed by atoms with Gasteiger partial charge in [0.2, 0.25) is 10.0 Å².